The van der Waals surface area contributed by atoms with E-state index in [0.29, 0.717) is 19.0 Å². The van der Waals surface area contributed by atoms with Crippen molar-refractivity contribution in [2.75, 3.05) is 19.6 Å². The van der Waals surface area contributed by atoms with Crippen molar-refractivity contribution in [2.24, 2.45) is 5.92 Å². The van der Waals surface area contributed by atoms with Crippen molar-refractivity contribution in [3.05, 3.63) is 19.2 Å². The number of halogens is 2. The van der Waals surface area contributed by atoms with E-state index in [0.717, 1.165) is 26.1 Å². The number of aliphatic hydroxyl groups is 1. The molecule has 0 amide bonds. The van der Waals surface area contributed by atoms with Gasteiger partial charge in [-0.3, -0.25) is 9.69 Å². The average molecular weight is 397 g/mol. The first-order valence-electron chi connectivity index (χ1n) is 5.86. The molecule has 100 valence electrons. The van der Waals surface area contributed by atoms with Crippen LogP contribution in [0.15, 0.2) is 13.6 Å². The lowest BCUT2D eigenvalue weighted by Gasteiger charge is -2.33. The van der Waals surface area contributed by atoms with Gasteiger partial charge in [0.05, 0.1) is 20.2 Å². The van der Waals surface area contributed by atoms with Gasteiger partial charge in [-0.2, -0.15) is 0 Å². The van der Waals surface area contributed by atoms with Crippen molar-refractivity contribution >= 4 is 49.0 Å². The summed E-state index contributed by atoms with van der Waals surface area (Å²) in [5, 5.41) is 9.82. The Hall–Kier alpha value is 0.250. The molecule has 1 aromatic rings. The summed E-state index contributed by atoms with van der Waals surface area (Å²) >= 11 is 8.29. The fraction of sp³-hybridized carbons (Fsp3) is 0.583. The molecule has 6 heteroatoms. The first-order valence-corrected chi connectivity index (χ1v) is 8.26. The molecule has 1 aromatic heterocycles. The molecule has 1 aliphatic rings. The molecule has 2 heterocycles. The number of carbonyl (C=O) groups is 1. The number of β-amino-alcohol motifs (C(OH)–C–C–N with tert-alkyl or cyclic N) is 1. The Labute approximate surface area is 127 Å². The van der Waals surface area contributed by atoms with Gasteiger partial charge in [0.2, 0.25) is 0 Å². The molecule has 0 aromatic carbocycles. The van der Waals surface area contributed by atoms with Crippen molar-refractivity contribution in [3.63, 3.8) is 0 Å². The fourth-order valence-corrected chi connectivity index (χ4v) is 4.93. The number of carbonyl (C=O) groups excluding carboxylic acids is 1. The smallest absolute Gasteiger partial charge is 0.178 e. The van der Waals surface area contributed by atoms with Crippen molar-refractivity contribution in [1.29, 1.82) is 0 Å². The molecule has 2 rings (SSSR count). The lowest BCUT2D eigenvalue weighted by molar-refractivity contribution is 0.0295. The van der Waals surface area contributed by atoms with Crippen molar-refractivity contribution in [2.45, 2.75) is 19.4 Å². The van der Waals surface area contributed by atoms with E-state index in [1.54, 1.807) is 0 Å². The Balaban J connectivity index is 1.98. The van der Waals surface area contributed by atoms with Crippen LogP contribution in [0.1, 0.15) is 23.7 Å². The zero-order valence-corrected chi connectivity index (χ0v) is 14.0. The molecule has 18 heavy (non-hydrogen) atoms. The summed E-state index contributed by atoms with van der Waals surface area (Å²) in [7, 11) is 0. The van der Waals surface area contributed by atoms with Gasteiger partial charge in [0.25, 0.3) is 0 Å². The molecule has 1 N–H and O–H groups in total. The molecular formula is C12H15Br2NO2S. The highest BCUT2D eigenvalue weighted by Crippen LogP contribution is 2.32. The Morgan fingerprint density at radius 1 is 1.61 bits per heavy atom. The zero-order valence-electron chi connectivity index (χ0n) is 10.0. The highest BCUT2D eigenvalue weighted by molar-refractivity contribution is 9.12. The number of ketones is 1. The maximum atomic E-state index is 12.2. The molecule has 2 unspecified atom stereocenters. The fourth-order valence-electron chi connectivity index (χ4n) is 2.08. The Kier molecular flexibility index (Phi) is 4.99. The van der Waals surface area contributed by atoms with E-state index in [1.165, 1.54) is 11.3 Å². The summed E-state index contributed by atoms with van der Waals surface area (Å²) in [6, 6.07) is 1.85. The molecule has 1 aliphatic heterocycles. The minimum atomic E-state index is -0.316. The lowest BCUT2D eigenvalue weighted by atomic mass is 9.96. The standard InChI is InChI=1S/C12H15Br2NO2S/c1-7-2-3-15(5-9(7)16)6-10(17)8-4-11(13)18-12(8)14/h4,7,9,16H,2-3,5-6H2,1H3. The van der Waals surface area contributed by atoms with Crippen LogP contribution in [0.25, 0.3) is 0 Å². The number of aliphatic hydroxyl groups excluding tert-OH is 1. The molecule has 0 bridgehead atoms. The van der Waals surface area contributed by atoms with Crippen LogP contribution in [0.5, 0.6) is 0 Å². The van der Waals surface area contributed by atoms with E-state index in [1.807, 2.05) is 11.0 Å². The molecule has 1 saturated heterocycles. The normalized spacial score (nSPS) is 25.3. The second kappa shape index (κ2) is 6.13. The number of hydrogen-bond acceptors (Lipinski definition) is 4. The van der Waals surface area contributed by atoms with Crippen molar-refractivity contribution in [3.8, 4) is 0 Å². The van der Waals surface area contributed by atoms with Gasteiger partial charge in [0.1, 0.15) is 0 Å². The summed E-state index contributed by atoms with van der Waals surface area (Å²) in [6.45, 7) is 3.91. The van der Waals surface area contributed by atoms with E-state index in [9.17, 15) is 9.90 Å². The Morgan fingerprint density at radius 2 is 2.33 bits per heavy atom. The minimum Gasteiger partial charge on any atom is -0.392 e. The number of likely N-dealkylation sites (tertiary alicyclic amines) is 1. The number of rotatable bonds is 3. The van der Waals surface area contributed by atoms with Gasteiger partial charge in [-0.05, 0) is 56.8 Å². The van der Waals surface area contributed by atoms with Crippen LogP contribution >= 0.6 is 43.2 Å². The molecule has 0 saturated carbocycles. The zero-order chi connectivity index (χ0) is 13.3. The maximum Gasteiger partial charge on any atom is 0.178 e. The monoisotopic (exact) mass is 395 g/mol. The third-order valence-corrected chi connectivity index (χ3v) is 5.67. The molecule has 3 nitrogen and oxygen atoms in total. The third kappa shape index (κ3) is 3.42. The number of Topliss-reactive ketones (excluding diaryl/α,β-unsaturated/α-hetero) is 1. The highest BCUT2D eigenvalue weighted by Gasteiger charge is 2.26. The van der Waals surface area contributed by atoms with Gasteiger partial charge in [-0.1, -0.05) is 6.92 Å². The van der Waals surface area contributed by atoms with Crippen LogP contribution in [0, 0.1) is 5.92 Å². The van der Waals surface area contributed by atoms with Gasteiger partial charge in [-0.15, -0.1) is 11.3 Å². The van der Waals surface area contributed by atoms with Crippen LogP contribution in [0.4, 0.5) is 0 Å². The summed E-state index contributed by atoms with van der Waals surface area (Å²) in [6.07, 6.45) is 0.632. The molecular weight excluding hydrogens is 382 g/mol. The first-order chi connectivity index (χ1) is 8.47. The quantitative estimate of drug-likeness (QED) is 0.797. The van der Waals surface area contributed by atoms with Gasteiger partial charge < -0.3 is 5.11 Å². The number of nitrogens with zero attached hydrogens (tertiary/aromatic N) is 1. The van der Waals surface area contributed by atoms with Crippen LogP contribution < -0.4 is 0 Å². The molecule has 0 spiro atoms. The largest absolute Gasteiger partial charge is 0.392 e. The number of hydrogen-bond donors (Lipinski definition) is 1. The van der Waals surface area contributed by atoms with E-state index in [-0.39, 0.29) is 11.9 Å². The lowest BCUT2D eigenvalue weighted by Crippen LogP contribution is -2.44. The second-order valence-corrected chi connectivity index (χ2v) is 8.48. The second-order valence-electron chi connectivity index (χ2n) is 4.73. The minimum absolute atomic E-state index is 0.102. The molecule has 2 atom stereocenters. The topological polar surface area (TPSA) is 40.5 Å². The van der Waals surface area contributed by atoms with E-state index in [4.69, 9.17) is 0 Å². The summed E-state index contributed by atoms with van der Waals surface area (Å²) < 4.78 is 1.82. The van der Waals surface area contributed by atoms with Crippen LogP contribution in [-0.2, 0) is 0 Å². The van der Waals surface area contributed by atoms with E-state index < -0.39 is 0 Å². The van der Waals surface area contributed by atoms with Gasteiger partial charge in [0.15, 0.2) is 5.78 Å². The molecule has 0 radical (unpaired) electrons. The summed E-state index contributed by atoms with van der Waals surface area (Å²) in [4.78, 5) is 14.2. The summed E-state index contributed by atoms with van der Waals surface area (Å²) in [5.74, 6) is 0.434. The van der Waals surface area contributed by atoms with Gasteiger partial charge in [-0.25, -0.2) is 0 Å². The Morgan fingerprint density at radius 3 is 2.89 bits per heavy atom. The van der Waals surface area contributed by atoms with Crippen LogP contribution in [0.2, 0.25) is 0 Å². The predicted octanol–water partition coefficient (Wildman–Crippen LogP) is 3.16. The van der Waals surface area contributed by atoms with Crippen molar-refractivity contribution in [1.82, 2.24) is 4.90 Å². The van der Waals surface area contributed by atoms with Crippen LogP contribution in [0.3, 0.4) is 0 Å². The highest BCUT2D eigenvalue weighted by atomic mass is 79.9. The SMILES string of the molecule is CC1CCN(CC(=O)c2cc(Br)sc2Br)CC1O. The Bertz CT molecular complexity index is 449. The third-order valence-electron chi connectivity index (χ3n) is 3.33. The average Bonchev–Trinajstić information content (AvgIpc) is 2.63. The van der Waals surface area contributed by atoms with Gasteiger partial charge >= 0.3 is 0 Å². The number of thiophene rings is 1. The summed E-state index contributed by atoms with van der Waals surface area (Å²) in [5.41, 5.74) is 0.722. The van der Waals surface area contributed by atoms with E-state index in [2.05, 4.69) is 38.8 Å². The first kappa shape index (κ1) is 14.7. The maximum absolute atomic E-state index is 12.2. The van der Waals surface area contributed by atoms with Crippen molar-refractivity contribution < 1.29 is 9.90 Å². The number of piperidine rings is 1. The molecule has 1 fully saturated rings. The van der Waals surface area contributed by atoms with Gasteiger partial charge in [0, 0.05) is 12.1 Å². The van der Waals surface area contributed by atoms with Crippen LogP contribution in [-0.4, -0.2) is 41.5 Å². The predicted molar refractivity (Wildman–Crippen MR) is 80.3 cm³/mol. The van der Waals surface area contributed by atoms with E-state index >= 15 is 0 Å². The molecule has 0 aliphatic carbocycles.